The van der Waals surface area contributed by atoms with Crippen LogP contribution >= 0.6 is 0 Å². The van der Waals surface area contributed by atoms with E-state index in [1.54, 1.807) is 12.1 Å². The van der Waals surface area contributed by atoms with Crippen LogP contribution < -0.4 is 5.32 Å². The number of hydrogen-bond acceptors (Lipinski definition) is 2. The number of hydrogen-bond donors (Lipinski definition) is 2. The highest BCUT2D eigenvalue weighted by molar-refractivity contribution is 5.20. The minimum Gasteiger partial charge on any atom is -0.390 e. The van der Waals surface area contributed by atoms with Gasteiger partial charge in [0.05, 0.1) is 6.54 Å². The number of rotatable bonds is 6. The van der Waals surface area contributed by atoms with Crippen LogP contribution in [0.2, 0.25) is 0 Å². The molecule has 1 atom stereocenters. The largest absolute Gasteiger partial charge is 0.390 e. The summed E-state index contributed by atoms with van der Waals surface area (Å²) in [4.78, 5) is 0. The summed E-state index contributed by atoms with van der Waals surface area (Å²) in [5.74, 6) is -3.54. The van der Waals surface area contributed by atoms with Crippen molar-refractivity contribution in [3.8, 4) is 0 Å². The molecule has 0 spiro atoms. The summed E-state index contributed by atoms with van der Waals surface area (Å²) in [5, 5.41) is 11.1. The van der Waals surface area contributed by atoms with E-state index in [4.69, 9.17) is 5.11 Å². The average Bonchev–Trinajstić information content (AvgIpc) is 2.30. The molecule has 1 rings (SSSR count). The fourth-order valence-electron chi connectivity index (χ4n) is 1.55. The average molecular weight is 247 g/mol. The highest BCUT2D eigenvalue weighted by Crippen LogP contribution is 2.19. The van der Waals surface area contributed by atoms with Gasteiger partial charge in [0.25, 0.3) is 5.92 Å². The highest BCUT2D eigenvalue weighted by atomic mass is 19.3. The lowest BCUT2D eigenvalue weighted by atomic mass is 10.0. The van der Waals surface area contributed by atoms with Crippen molar-refractivity contribution in [3.63, 3.8) is 0 Å². The second kappa shape index (κ2) is 6.02. The maximum absolute atomic E-state index is 13.0. The van der Waals surface area contributed by atoms with E-state index in [1.807, 2.05) is 6.92 Å². The Morgan fingerprint density at radius 3 is 2.65 bits per heavy atom. The normalized spacial score (nSPS) is 13.7. The molecule has 17 heavy (non-hydrogen) atoms. The smallest absolute Gasteiger partial charge is 0.282 e. The third-order valence-corrected chi connectivity index (χ3v) is 2.50. The van der Waals surface area contributed by atoms with Crippen LogP contribution in [-0.4, -0.2) is 24.2 Å². The van der Waals surface area contributed by atoms with Gasteiger partial charge < -0.3 is 10.4 Å². The Morgan fingerprint density at radius 1 is 1.41 bits per heavy atom. The zero-order chi connectivity index (χ0) is 12.9. The molecule has 0 fully saturated rings. The minimum absolute atomic E-state index is 0.344. The summed E-state index contributed by atoms with van der Waals surface area (Å²) in [6, 6.07) is 5.50. The maximum Gasteiger partial charge on any atom is 0.282 e. The topological polar surface area (TPSA) is 32.3 Å². The Bertz CT molecular complexity index is 357. The van der Waals surface area contributed by atoms with E-state index in [0.717, 1.165) is 0 Å². The Kier molecular flexibility index (Phi) is 4.96. The molecule has 1 unspecified atom stereocenters. The molecule has 0 radical (unpaired) electrons. The van der Waals surface area contributed by atoms with Crippen molar-refractivity contribution < 1.29 is 18.3 Å². The Morgan fingerprint density at radius 2 is 2.12 bits per heavy atom. The summed E-state index contributed by atoms with van der Waals surface area (Å²) >= 11 is 0. The first-order valence-electron chi connectivity index (χ1n) is 5.46. The number of halogens is 3. The number of benzene rings is 1. The van der Waals surface area contributed by atoms with Gasteiger partial charge in [0, 0.05) is 6.04 Å². The van der Waals surface area contributed by atoms with E-state index in [2.05, 4.69) is 5.32 Å². The first-order valence-corrected chi connectivity index (χ1v) is 5.46. The second-order valence-corrected chi connectivity index (χ2v) is 3.91. The molecule has 0 aliphatic rings. The van der Waals surface area contributed by atoms with Crippen molar-refractivity contribution in [3.05, 3.63) is 35.6 Å². The van der Waals surface area contributed by atoms with E-state index in [9.17, 15) is 13.2 Å². The predicted molar refractivity (Wildman–Crippen MR) is 59.5 cm³/mol. The monoisotopic (exact) mass is 247 g/mol. The Balaban J connectivity index is 2.66. The summed E-state index contributed by atoms with van der Waals surface area (Å²) in [6.07, 6.45) is 0.560. The van der Waals surface area contributed by atoms with Crippen LogP contribution in [0.3, 0.4) is 0 Å². The third kappa shape index (κ3) is 4.36. The SMILES string of the molecule is CCC(NCC(F)(F)CO)c1cccc(F)c1. The van der Waals surface area contributed by atoms with Gasteiger partial charge in [-0.15, -0.1) is 0 Å². The minimum atomic E-state index is -3.15. The van der Waals surface area contributed by atoms with Crippen molar-refractivity contribution in [1.82, 2.24) is 5.32 Å². The Labute approximate surface area is 98.5 Å². The van der Waals surface area contributed by atoms with Crippen LogP contribution in [-0.2, 0) is 0 Å². The standard InChI is InChI=1S/C12H16F3NO/c1-2-11(16-7-12(14,15)8-17)9-4-3-5-10(13)6-9/h3-6,11,16-17H,2,7-8H2,1H3. The Hall–Kier alpha value is -1.07. The second-order valence-electron chi connectivity index (χ2n) is 3.91. The van der Waals surface area contributed by atoms with Gasteiger partial charge in [-0.3, -0.25) is 0 Å². The number of nitrogens with one attached hydrogen (secondary N) is 1. The van der Waals surface area contributed by atoms with Gasteiger partial charge in [0.2, 0.25) is 0 Å². The van der Waals surface area contributed by atoms with Gasteiger partial charge in [-0.2, -0.15) is 0 Å². The lowest BCUT2D eigenvalue weighted by Gasteiger charge is -2.21. The van der Waals surface area contributed by atoms with Crippen LogP contribution in [0, 0.1) is 5.82 Å². The number of aliphatic hydroxyl groups is 1. The summed E-state index contributed by atoms with van der Waals surface area (Å²) < 4.78 is 38.7. The molecule has 0 aromatic heterocycles. The molecule has 1 aromatic carbocycles. The highest BCUT2D eigenvalue weighted by Gasteiger charge is 2.28. The van der Waals surface area contributed by atoms with Gasteiger partial charge in [-0.25, -0.2) is 13.2 Å². The van der Waals surface area contributed by atoms with Gasteiger partial charge >= 0.3 is 0 Å². The molecule has 0 amide bonds. The van der Waals surface area contributed by atoms with E-state index in [0.29, 0.717) is 12.0 Å². The molecule has 0 saturated carbocycles. The van der Waals surface area contributed by atoms with Crippen LogP contribution in [0.25, 0.3) is 0 Å². The van der Waals surface area contributed by atoms with Crippen molar-refractivity contribution in [1.29, 1.82) is 0 Å². The fraction of sp³-hybridized carbons (Fsp3) is 0.500. The number of aliphatic hydroxyl groups excluding tert-OH is 1. The molecule has 0 aliphatic heterocycles. The van der Waals surface area contributed by atoms with Crippen LogP contribution in [0.1, 0.15) is 24.9 Å². The first-order chi connectivity index (χ1) is 7.98. The molecule has 0 heterocycles. The molecule has 2 N–H and O–H groups in total. The van der Waals surface area contributed by atoms with Crippen LogP contribution in [0.5, 0.6) is 0 Å². The van der Waals surface area contributed by atoms with Crippen LogP contribution in [0.15, 0.2) is 24.3 Å². The molecular weight excluding hydrogens is 231 g/mol. The summed E-state index contributed by atoms with van der Waals surface area (Å²) in [6.45, 7) is -0.00222. The van der Waals surface area contributed by atoms with Crippen LogP contribution in [0.4, 0.5) is 13.2 Å². The summed E-state index contributed by atoms with van der Waals surface area (Å²) in [5.41, 5.74) is 0.626. The first kappa shape index (κ1) is 14.0. The van der Waals surface area contributed by atoms with Gasteiger partial charge in [-0.1, -0.05) is 19.1 Å². The lowest BCUT2D eigenvalue weighted by Crippen LogP contribution is -2.37. The maximum atomic E-state index is 13.0. The summed E-state index contributed by atoms with van der Waals surface area (Å²) in [7, 11) is 0. The van der Waals surface area contributed by atoms with E-state index in [1.165, 1.54) is 12.1 Å². The van der Waals surface area contributed by atoms with Crippen molar-refractivity contribution in [2.24, 2.45) is 0 Å². The van der Waals surface area contributed by atoms with E-state index >= 15 is 0 Å². The van der Waals surface area contributed by atoms with Crippen molar-refractivity contribution in [2.75, 3.05) is 13.2 Å². The molecule has 2 nitrogen and oxygen atoms in total. The molecule has 0 saturated heterocycles. The zero-order valence-corrected chi connectivity index (χ0v) is 9.59. The molecule has 0 aliphatic carbocycles. The third-order valence-electron chi connectivity index (χ3n) is 2.50. The molecule has 96 valence electrons. The molecule has 0 bridgehead atoms. The van der Waals surface area contributed by atoms with Crippen molar-refractivity contribution >= 4 is 0 Å². The lowest BCUT2D eigenvalue weighted by molar-refractivity contribution is -0.0494. The van der Waals surface area contributed by atoms with Gasteiger partial charge in [0.15, 0.2) is 0 Å². The van der Waals surface area contributed by atoms with E-state index in [-0.39, 0.29) is 6.04 Å². The van der Waals surface area contributed by atoms with Crippen molar-refractivity contribution in [2.45, 2.75) is 25.3 Å². The predicted octanol–water partition coefficient (Wildman–Crippen LogP) is 2.49. The molecular formula is C12H16F3NO. The molecule has 5 heteroatoms. The zero-order valence-electron chi connectivity index (χ0n) is 9.59. The van der Waals surface area contributed by atoms with Gasteiger partial charge in [-0.05, 0) is 24.1 Å². The quantitative estimate of drug-likeness (QED) is 0.809. The molecule has 1 aromatic rings. The van der Waals surface area contributed by atoms with Gasteiger partial charge in [0.1, 0.15) is 12.4 Å². The fourth-order valence-corrected chi connectivity index (χ4v) is 1.55. The number of alkyl halides is 2. The van der Waals surface area contributed by atoms with E-state index < -0.39 is 24.9 Å².